The minimum atomic E-state index is -0.830. The van der Waals surface area contributed by atoms with Crippen molar-refractivity contribution in [2.45, 2.75) is 39.0 Å². The number of thiophene rings is 1. The van der Waals surface area contributed by atoms with Crippen LogP contribution in [0.5, 0.6) is 0 Å². The normalized spacial score (nSPS) is 13.2. The molecule has 2 N–H and O–H groups in total. The van der Waals surface area contributed by atoms with Crippen molar-refractivity contribution in [2.24, 2.45) is 0 Å². The zero-order valence-electron chi connectivity index (χ0n) is 15.5. The number of hydrogen-bond acceptors (Lipinski definition) is 5. The number of ether oxygens (including phenoxy) is 1. The number of anilines is 1. The summed E-state index contributed by atoms with van der Waals surface area (Å²) in [7, 11) is 0. The molecule has 148 valence electrons. The molecule has 2 aromatic rings. The topological polar surface area (TPSA) is 84.5 Å². The average Bonchev–Trinajstić information content (AvgIpc) is 2.82. The van der Waals surface area contributed by atoms with Crippen LogP contribution in [0.1, 0.15) is 57.3 Å². The Morgan fingerprint density at radius 1 is 1.14 bits per heavy atom. The molecular formula is C20H21FN2O4S. The van der Waals surface area contributed by atoms with Gasteiger partial charge in [0.25, 0.3) is 11.8 Å². The van der Waals surface area contributed by atoms with Gasteiger partial charge in [-0.15, -0.1) is 11.3 Å². The molecule has 0 bridgehead atoms. The molecule has 0 unspecified atom stereocenters. The number of carbonyl (C=O) groups excluding carboxylic acids is 3. The number of aryl methyl sites for hydroxylation is 1. The van der Waals surface area contributed by atoms with Gasteiger partial charge in [0.05, 0.1) is 12.2 Å². The van der Waals surface area contributed by atoms with Crippen LogP contribution in [0, 0.1) is 5.82 Å². The summed E-state index contributed by atoms with van der Waals surface area (Å²) in [6, 6.07) is 5.33. The molecule has 0 fully saturated rings. The van der Waals surface area contributed by atoms with Crippen molar-refractivity contribution in [2.75, 3.05) is 11.9 Å². The fourth-order valence-electron chi connectivity index (χ4n) is 3.20. The zero-order valence-corrected chi connectivity index (χ0v) is 16.3. The maximum Gasteiger partial charge on any atom is 0.414 e. The lowest BCUT2D eigenvalue weighted by Crippen LogP contribution is -2.32. The fraction of sp³-hybridized carbons (Fsp3) is 0.350. The van der Waals surface area contributed by atoms with Crippen LogP contribution < -0.4 is 10.6 Å². The molecule has 0 saturated heterocycles. The molecule has 0 atom stereocenters. The minimum Gasteiger partial charge on any atom is -0.450 e. The number of imide groups is 1. The van der Waals surface area contributed by atoms with Crippen LogP contribution in [0.25, 0.3) is 0 Å². The fourth-order valence-corrected chi connectivity index (χ4v) is 4.48. The first kappa shape index (κ1) is 20.0. The molecule has 1 heterocycles. The number of benzene rings is 1. The lowest BCUT2D eigenvalue weighted by molar-refractivity contribution is 0.0925. The summed E-state index contributed by atoms with van der Waals surface area (Å²) in [5.74, 6) is -1.64. The number of amides is 3. The molecule has 1 aromatic carbocycles. The van der Waals surface area contributed by atoms with Crippen molar-refractivity contribution >= 4 is 34.2 Å². The molecule has 3 amide bonds. The number of hydrogen-bond donors (Lipinski definition) is 2. The smallest absolute Gasteiger partial charge is 0.414 e. The van der Waals surface area contributed by atoms with Crippen molar-refractivity contribution in [3.8, 4) is 0 Å². The summed E-state index contributed by atoms with van der Waals surface area (Å²) in [5.41, 5.74) is 1.30. The Hall–Kier alpha value is -2.74. The first-order valence-electron chi connectivity index (χ1n) is 9.19. The van der Waals surface area contributed by atoms with Crippen molar-refractivity contribution in [3.63, 3.8) is 0 Å². The Bertz CT molecular complexity index is 910. The van der Waals surface area contributed by atoms with Crippen LogP contribution in [-0.4, -0.2) is 24.5 Å². The number of nitrogens with one attached hydrogen (secondary N) is 2. The van der Waals surface area contributed by atoms with E-state index in [2.05, 4.69) is 10.6 Å². The number of alkyl carbamates (subject to hydrolysis) is 1. The Morgan fingerprint density at radius 2 is 1.93 bits per heavy atom. The summed E-state index contributed by atoms with van der Waals surface area (Å²) in [4.78, 5) is 38.0. The van der Waals surface area contributed by atoms with E-state index in [9.17, 15) is 18.8 Å². The van der Waals surface area contributed by atoms with Gasteiger partial charge in [0.1, 0.15) is 10.8 Å². The molecule has 1 aliphatic carbocycles. The van der Waals surface area contributed by atoms with Gasteiger partial charge >= 0.3 is 6.09 Å². The highest BCUT2D eigenvalue weighted by Gasteiger charge is 2.27. The van der Waals surface area contributed by atoms with Gasteiger partial charge in [0, 0.05) is 10.4 Å². The van der Waals surface area contributed by atoms with Crippen molar-refractivity contribution in [3.05, 3.63) is 51.7 Å². The Labute approximate surface area is 166 Å². The number of fused-ring (bicyclic) bond motifs is 1. The van der Waals surface area contributed by atoms with Crippen LogP contribution in [-0.2, 0) is 17.6 Å². The van der Waals surface area contributed by atoms with Crippen LogP contribution in [0.4, 0.5) is 14.2 Å². The van der Waals surface area contributed by atoms with E-state index in [1.165, 1.54) is 29.5 Å². The predicted octanol–water partition coefficient (Wildman–Crippen LogP) is 4.29. The number of carbonyl (C=O) groups is 3. The molecule has 3 rings (SSSR count). The van der Waals surface area contributed by atoms with E-state index in [1.54, 1.807) is 6.92 Å². The second kappa shape index (κ2) is 8.97. The van der Waals surface area contributed by atoms with E-state index >= 15 is 0 Å². The van der Waals surface area contributed by atoms with Crippen molar-refractivity contribution < 1.29 is 23.5 Å². The average molecular weight is 404 g/mol. The molecule has 0 radical (unpaired) electrons. The molecule has 6 nitrogen and oxygen atoms in total. The summed E-state index contributed by atoms with van der Waals surface area (Å²) < 4.78 is 18.2. The summed E-state index contributed by atoms with van der Waals surface area (Å²) in [6.07, 6.45) is 3.68. The molecular weight excluding hydrogens is 383 g/mol. The Morgan fingerprint density at radius 3 is 2.68 bits per heavy atom. The van der Waals surface area contributed by atoms with Gasteiger partial charge in [-0.25, -0.2) is 9.18 Å². The zero-order chi connectivity index (χ0) is 20.1. The summed E-state index contributed by atoms with van der Waals surface area (Å²) in [6.45, 7) is 1.79. The van der Waals surface area contributed by atoms with Gasteiger partial charge < -0.3 is 10.1 Å². The highest BCUT2D eigenvalue weighted by atomic mass is 32.1. The van der Waals surface area contributed by atoms with E-state index in [-0.39, 0.29) is 12.2 Å². The maximum absolute atomic E-state index is 13.4. The monoisotopic (exact) mass is 404 g/mol. The molecule has 1 aliphatic rings. The van der Waals surface area contributed by atoms with E-state index in [0.29, 0.717) is 17.0 Å². The number of halogens is 1. The standard InChI is InChI=1S/C20H21FN2O4S/c1-2-27-20(26)23-18(25)16-14-9-4-3-5-10-15(14)28-19(16)22-17(24)12-7-6-8-13(21)11-12/h6-8,11H,2-5,9-10H2,1H3,(H,22,24)(H,23,25,26). The Balaban J connectivity index is 1.92. The summed E-state index contributed by atoms with van der Waals surface area (Å²) >= 11 is 1.33. The molecule has 0 saturated carbocycles. The third-order valence-electron chi connectivity index (χ3n) is 4.45. The lowest BCUT2D eigenvalue weighted by Gasteiger charge is -2.09. The predicted molar refractivity (Wildman–Crippen MR) is 104 cm³/mol. The third kappa shape index (κ3) is 4.56. The second-order valence-electron chi connectivity index (χ2n) is 6.41. The first-order valence-corrected chi connectivity index (χ1v) is 10.0. The summed E-state index contributed by atoms with van der Waals surface area (Å²) in [5, 5.41) is 5.29. The quantitative estimate of drug-likeness (QED) is 0.745. The second-order valence-corrected chi connectivity index (χ2v) is 7.51. The van der Waals surface area contributed by atoms with Gasteiger partial charge in [0.2, 0.25) is 0 Å². The molecule has 0 spiro atoms. The van der Waals surface area contributed by atoms with Crippen LogP contribution >= 0.6 is 11.3 Å². The highest BCUT2D eigenvalue weighted by molar-refractivity contribution is 7.17. The van der Waals surface area contributed by atoms with Crippen molar-refractivity contribution in [1.82, 2.24) is 5.32 Å². The number of rotatable bonds is 4. The van der Waals surface area contributed by atoms with Crippen LogP contribution in [0.2, 0.25) is 0 Å². The van der Waals surface area contributed by atoms with Gasteiger partial charge in [0.15, 0.2) is 0 Å². The van der Waals surface area contributed by atoms with E-state index in [0.717, 1.165) is 42.2 Å². The van der Waals surface area contributed by atoms with Gasteiger partial charge in [-0.05, 0) is 56.4 Å². The minimum absolute atomic E-state index is 0.143. The third-order valence-corrected chi connectivity index (χ3v) is 5.66. The van der Waals surface area contributed by atoms with E-state index in [4.69, 9.17) is 4.74 Å². The van der Waals surface area contributed by atoms with E-state index < -0.39 is 23.7 Å². The van der Waals surface area contributed by atoms with Gasteiger partial charge in [-0.2, -0.15) is 0 Å². The maximum atomic E-state index is 13.4. The SMILES string of the molecule is CCOC(=O)NC(=O)c1c(NC(=O)c2cccc(F)c2)sc2c1CCCCC2. The van der Waals surface area contributed by atoms with E-state index in [1.807, 2.05) is 0 Å². The van der Waals surface area contributed by atoms with Crippen LogP contribution in [0.15, 0.2) is 24.3 Å². The molecule has 28 heavy (non-hydrogen) atoms. The lowest BCUT2D eigenvalue weighted by atomic mass is 10.0. The largest absolute Gasteiger partial charge is 0.450 e. The Kier molecular flexibility index (Phi) is 6.41. The molecule has 1 aromatic heterocycles. The van der Waals surface area contributed by atoms with Crippen molar-refractivity contribution in [1.29, 1.82) is 0 Å². The molecule has 0 aliphatic heterocycles. The molecule has 8 heteroatoms. The van der Waals surface area contributed by atoms with Gasteiger partial charge in [-0.1, -0.05) is 12.5 Å². The first-order chi connectivity index (χ1) is 13.5. The van der Waals surface area contributed by atoms with Gasteiger partial charge in [-0.3, -0.25) is 14.9 Å². The highest BCUT2D eigenvalue weighted by Crippen LogP contribution is 2.37. The van der Waals surface area contributed by atoms with Crippen LogP contribution in [0.3, 0.4) is 0 Å².